The molecule has 4 nitrogen and oxygen atoms in total. The Balaban J connectivity index is 1.88. The predicted octanol–water partition coefficient (Wildman–Crippen LogP) is 2.89. The van der Waals surface area contributed by atoms with E-state index in [0.717, 1.165) is 12.8 Å². The molecule has 0 saturated heterocycles. The van der Waals surface area contributed by atoms with E-state index >= 15 is 0 Å². The van der Waals surface area contributed by atoms with Gasteiger partial charge in [0.25, 0.3) is 5.76 Å². The number of thioether (sulfide) groups is 1. The highest BCUT2D eigenvalue weighted by Crippen LogP contribution is 2.32. The summed E-state index contributed by atoms with van der Waals surface area (Å²) >= 11 is 0.334. The molecule has 0 atom stereocenters. The molecule has 0 heterocycles. The van der Waals surface area contributed by atoms with Crippen molar-refractivity contribution in [3.63, 3.8) is 0 Å². The largest absolute Gasteiger partial charge is 0.314 e. The summed E-state index contributed by atoms with van der Waals surface area (Å²) in [6, 6.07) is 6.72. The number of hydrogen-bond acceptors (Lipinski definition) is 4. The number of sulfonamides is 1. The van der Waals surface area contributed by atoms with Crippen LogP contribution >= 0.6 is 11.8 Å². The third kappa shape index (κ3) is 6.19. The number of halogens is 2. The molecule has 0 unspecified atom stereocenters. The Hall–Kier alpha value is -0.860. The average molecular weight is 336 g/mol. The maximum Gasteiger partial charge on any atom is 0.288 e. The predicted molar refractivity (Wildman–Crippen MR) is 81.4 cm³/mol. The van der Waals surface area contributed by atoms with Gasteiger partial charge in [-0.25, -0.2) is 8.42 Å². The van der Waals surface area contributed by atoms with Crippen LogP contribution in [-0.2, 0) is 10.0 Å². The van der Waals surface area contributed by atoms with Crippen molar-refractivity contribution >= 4 is 27.5 Å². The van der Waals surface area contributed by atoms with Crippen LogP contribution in [0.5, 0.6) is 0 Å². The summed E-state index contributed by atoms with van der Waals surface area (Å²) in [5, 5.41) is 3.24. The standard InChI is InChI=1S/C13H18F2N2O2S2/c14-13(15)20-12-5-2-1-4-11(12)17-21(18,19)9-3-8-16-10-6-7-10/h1-2,4-5,10,13,16-17H,3,6-9H2. The Morgan fingerprint density at radius 2 is 2.00 bits per heavy atom. The first-order valence-corrected chi connectivity index (χ1v) is 9.27. The molecular formula is C13H18F2N2O2S2. The van der Waals surface area contributed by atoms with Crippen molar-refractivity contribution in [1.82, 2.24) is 5.32 Å². The lowest BCUT2D eigenvalue weighted by Gasteiger charge is -2.12. The molecule has 118 valence electrons. The second-order valence-electron chi connectivity index (χ2n) is 4.88. The smallest absolute Gasteiger partial charge is 0.288 e. The van der Waals surface area contributed by atoms with E-state index in [1.54, 1.807) is 12.1 Å². The molecule has 2 N–H and O–H groups in total. The zero-order valence-electron chi connectivity index (χ0n) is 11.4. The molecule has 0 bridgehead atoms. The third-order valence-corrected chi connectivity index (χ3v) is 5.11. The van der Waals surface area contributed by atoms with Gasteiger partial charge in [0.1, 0.15) is 0 Å². The van der Waals surface area contributed by atoms with Crippen molar-refractivity contribution in [1.29, 1.82) is 0 Å². The molecule has 1 aliphatic rings. The van der Waals surface area contributed by atoms with Crippen LogP contribution in [0.25, 0.3) is 0 Å². The van der Waals surface area contributed by atoms with Gasteiger partial charge in [0.05, 0.1) is 11.4 Å². The van der Waals surface area contributed by atoms with Gasteiger partial charge in [0.2, 0.25) is 10.0 Å². The fraction of sp³-hybridized carbons (Fsp3) is 0.538. The van der Waals surface area contributed by atoms with Crippen molar-refractivity contribution in [3.05, 3.63) is 24.3 Å². The van der Waals surface area contributed by atoms with E-state index < -0.39 is 15.8 Å². The summed E-state index contributed by atoms with van der Waals surface area (Å²) in [5.74, 6) is -2.61. The van der Waals surface area contributed by atoms with Crippen LogP contribution in [0.2, 0.25) is 0 Å². The minimum absolute atomic E-state index is 0.0274. The van der Waals surface area contributed by atoms with Crippen LogP contribution in [0.1, 0.15) is 19.3 Å². The van der Waals surface area contributed by atoms with Crippen molar-refractivity contribution in [3.8, 4) is 0 Å². The van der Waals surface area contributed by atoms with Gasteiger partial charge in [-0.15, -0.1) is 0 Å². The highest BCUT2D eigenvalue weighted by Gasteiger charge is 2.20. The topological polar surface area (TPSA) is 58.2 Å². The molecule has 0 spiro atoms. The fourth-order valence-corrected chi connectivity index (χ4v) is 3.62. The SMILES string of the molecule is O=S(=O)(CCCNC1CC1)Nc1ccccc1SC(F)F. The minimum Gasteiger partial charge on any atom is -0.314 e. The maximum atomic E-state index is 12.4. The van der Waals surface area contributed by atoms with Gasteiger partial charge in [-0.3, -0.25) is 4.72 Å². The molecule has 21 heavy (non-hydrogen) atoms. The van der Waals surface area contributed by atoms with Crippen LogP contribution in [0, 0.1) is 0 Å². The third-order valence-electron chi connectivity index (χ3n) is 2.97. The zero-order chi connectivity index (χ0) is 15.3. The Morgan fingerprint density at radius 1 is 1.29 bits per heavy atom. The van der Waals surface area contributed by atoms with Gasteiger partial charge >= 0.3 is 0 Å². The number of nitrogens with one attached hydrogen (secondary N) is 2. The first kappa shape index (κ1) is 16.5. The Kier molecular flexibility index (Phi) is 5.83. The monoisotopic (exact) mass is 336 g/mol. The van der Waals surface area contributed by atoms with E-state index in [1.165, 1.54) is 12.1 Å². The molecule has 1 aromatic carbocycles. The second kappa shape index (κ2) is 7.42. The normalized spacial score (nSPS) is 15.4. The highest BCUT2D eigenvalue weighted by atomic mass is 32.2. The molecule has 1 aliphatic carbocycles. The van der Waals surface area contributed by atoms with Gasteiger partial charge in [-0.05, 0) is 37.9 Å². The summed E-state index contributed by atoms with van der Waals surface area (Å²) < 4.78 is 51.2. The van der Waals surface area contributed by atoms with Crippen LogP contribution in [0.4, 0.5) is 14.5 Å². The van der Waals surface area contributed by atoms with Crippen LogP contribution in [0.3, 0.4) is 0 Å². The van der Waals surface area contributed by atoms with Gasteiger partial charge < -0.3 is 5.32 Å². The first-order chi connectivity index (χ1) is 9.96. The van der Waals surface area contributed by atoms with Crippen LogP contribution < -0.4 is 10.0 Å². The zero-order valence-corrected chi connectivity index (χ0v) is 13.0. The van der Waals surface area contributed by atoms with E-state index in [4.69, 9.17) is 0 Å². The molecule has 1 aromatic rings. The number of benzene rings is 1. The molecule has 0 aliphatic heterocycles. The molecule has 1 saturated carbocycles. The van der Waals surface area contributed by atoms with E-state index in [2.05, 4.69) is 10.0 Å². The van der Waals surface area contributed by atoms with Gasteiger partial charge in [-0.2, -0.15) is 8.78 Å². The lowest BCUT2D eigenvalue weighted by atomic mass is 10.3. The van der Waals surface area contributed by atoms with Crippen molar-refractivity contribution in [2.45, 2.75) is 36.0 Å². The number of rotatable bonds is 9. The molecule has 2 rings (SSSR count). The summed E-state index contributed by atoms with van der Waals surface area (Å²) in [4.78, 5) is 0.229. The molecule has 0 amide bonds. The fourth-order valence-electron chi connectivity index (χ4n) is 1.82. The number of hydrogen-bond donors (Lipinski definition) is 2. The summed E-state index contributed by atoms with van der Waals surface area (Å²) in [6.45, 7) is 0.652. The molecular weight excluding hydrogens is 318 g/mol. The number of para-hydroxylation sites is 1. The quantitative estimate of drug-likeness (QED) is 0.538. The Morgan fingerprint density at radius 3 is 2.67 bits per heavy atom. The van der Waals surface area contributed by atoms with Crippen LogP contribution in [0.15, 0.2) is 29.2 Å². The van der Waals surface area contributed by atoms with Crippen molar-refractivity contribution in [2.24, 2.45) is 0 Å². The van der Waals surface area contributed by atoms with E-state index in [1.807, 2.05) is 0 Å². The van der Waals surface area contributed by atoms with Crippen molar-refractivity contribution < 1.29 is 17.2 Å². The maximum absolute atomic E-state index is 12.4. The van der Waals surface area contributed by atoms with Crippen LogP contribution in [-0.4, -0.2) is 32.5 Å². The van der Waals surface area contributed by atoms with Gasteiger partial charge in [0.15, 0.2) is 0 Å². The lowest BCUT2D eigenvalue weighted by Crippen LogP contribution is -2.23. The second-order valence-corrected chi connectivity index (χ2v) is 7.75. The number of alkyl halides is 2. The Labute approximate surface area is 127 Å². The molecule has 0 radical (unpaired) electrons. The average Bonchev–Trinajstić information content (AvgIpc) is 3.20. The molecule has 1 fully saturated rings. The summed E-state index contributed by atoms with van der Waals surface area (Å²) in [6.07, 6.45) is 2.81. The highest BCUT2D eigenvalue weighted by molar-refractivity contribution is 7.99. The Bertz CT molecular complexity index is 563. The minimum atomic E-state index is -3.52. The lowest BCUT2D eigenvalue weighted by molar-refractivity contribution is 0.252. The summed E-state index contributed by atoms with van der Waals surface area (Å²) in [7, 11) is -3.52. The van der Waals surface area contributed by atoms with Gasteiger partial charge in [0, 0.05) is 10.9 Å². The molecule has 8 heteroatoms. The first-order valence-electron chi connectivity index (χ1n) is 6.74. The summed E-state index contributed by atoms with van der Waals surface area (Å²) in [5.41, 5.74) is 0.206. The van der Waals surface area contributed by atoms with Crippen molar-refractivity contribution in [2.75, 3.05) is 17.0 Å². The van der Waals surface area contributed by atoms with E-state index in [-0.39, 0.29) is 16.3 Å². The van der Waals surface area contributed by atoms with E-state index in [9.17, 15) is 17.2 Å². The molecule has 0 aromatic heterocycles. The van der Waals surface area contributed by atoms with Gasteiger partial charge in [-0.1, -0.05) is 23.9 Å². The number of anilines is 1. The van der Waals surface area contributed by atoms with E-state index in [0.29, 0.717) is 30.8 Å².